The topological polar surface area (TPSA) is 35.9 Å². The summed E-state index contributed by atoms with van der Waals surface area (Å²) in [6.45, 7) is 34.2. The van der Waals surface area contributed by atoms with Crippen LogP contribution in [-0.4, -0.2) is 14.1 Å². The standard InChI is InChI=1S/C65H70N4O.Pt/c1-42(2)53-25-21-26-54(43(3)4)61(53)44-32-50(68-41-67(40-59(68)64(11,12)13)49-35-47(62(5,6)7)34-48(36-49)63(8,9)10)38-52(33-44)70-51-28-29-56-55-24-19-20-27-57(55)69(58(56)39-51)60-37-46(30-31-66-60)65(14,15)45-22-17-16-18-23-45;/h16-37,40,42-43H,1-15H3;/q-2;. The predicted molar refractivity (Wildman–Crippen MR) is 291 cm³/mol. The van der Waals surface area contributed by atoms with Gasteiger partial charge >= 0.3 is 0 Å². The molecule has 9 aromatic rings. The number of rotatable bonds is 10. The van der Waals surface area contributed by atoms with Crippen LogP contribution in [0.4, 0.5) is 0 Å². The zero-order valence-electron chi connectivity index (χ0n) is 44.4. The van der Waals surface area contributed by atoms with Crippen LogP contribution in [-0.2, 0) is 42.7 Å². The van der Waals surface area contributed by atoms with Gasteiger partial charge in [0, 0.05) is 55.9 Å². The van der Waals surface area contributed by atoms with Gasteiger partial charge in [-0.2, -0.15) is 12.1 Å². The molecule has 0 bridgehead atoms. The zero-order chi connectivity index (χ0) is 50.1. The van der Waals surface area contributed by atoms with Crippen molar-refractivity contribution in [2.75, 3.05) is 0 Å². The van der Waals surface area contributed by atoms with Crippen LogP contribution in [0.25, 0.3) is 50.1 Å². The summed E-state index contributed by atoms with van der Waals surface area (Å²) in [5, 5.41) is 2.21. The number of ether oxygens (including phenoxy) is 1. The maximum absolute atomic E-state index is 7.08. The zero-order valence-corrected chi connectivity index (χ0v) is 46.7. The van der Waals surface area contributed by atoms with Crippen molar-refractivity contribution in [3.05, 3.63) is 197 Å². The Morgan fingerprint density at radius 3 is 1.82 bits per heavy atom. The molecule has 5 nitrogen and oxygen atoms in total. The first-order chi connectivity index (χ1) is 33.0. The summed E-state index contributed by atoms with van der Waals surface area (Å²) in [7, 11) is 0. The summed E-state index contributed by atoms with van der Waals surface area (Å²) >= 11 is 0. The molecule has 0 spiro atoms. The number of pyridine rings is 1. The number of imidazole rings is 1. The van der Waals surface area contributed by atoms with Crippen LogP contribution in [0.3, 0.4) is 0 Å². The van der Waals surface area contributed by atoms with E-state index in [0.29, 0.717) is 23.3 Å². The van der Waals surface area contributed by atoms with Crippen molar-refractivity contribution < 1.29 is 30.4 Å². The van der Waals surface area contributed by atoms with E-state index in [2.05, 4.69) is 264 Å². The molecule has 9 rings (SSSR count). The molecule has 0 aliphatic rings. The van der Waals surface area contributed by atoms with E-state index < -0.39 is 0 Å². The van der Waals surface area contributed by atoms with Gasteiger partial charge in [0.1, 0.15) is 5.82 Å². The molecule has 0 unspecified atom stereocenters. The minimum Gasteiger partial charge on any atom is -0.510 e. The second kappa shape index (κ2) is 19.2. The molecule has 6 heteroatoms. The van der Waals surface area contributed by atoms with E-state index in [4.69, 9.17) is 9.72 Å². The van der Waals surface area contributed by atoms with E-state index in [1.807, 2.05) is 12.3 Å². The van der Waals surface area contributed by atoms with Crippen molar-refractivity contribution in [2.24, 2.45) is 0 Å². The average Bonchev–Trinajstić information content (AvgIpc) is 3.92. The number of fused-ring (bicyclic) bond motifs is 3. The van der Waals surface area contributed by atoms with Crippen LogP contribution in [0, 0.1) is 18.5 Å². The SMILES string of the molecule is CC(C)c1cccc(C(C)C)c1-c1cc(Oc2[c-]c3c(cc2)c2ccccc2n3-c2cc(C(C)(C)c3ccccc3)ccn2)[c-]c(-n2[c-][n+](-c3cc(C(C)(C)C)cc(C(C)(C)C)c3)cc2C(C)(C)C)c1.[Pt]. The number of aromatic nitrogens is 4. The third-order valence-electron chi connectivity index (χ3n) is 14.1. The normalized spacial score (nSPS) is 12.6. The van der Waals surface area contributed by atoms with Crippen molar-refractivity contribution in [3.63, 3.8) is 0 Å². The molecule has 0 amide bonds. The first kappa shape index (κ1) is 51.3. The van der Waals surface area contributed by atoms with Gasteiger partial charge < -0.3 is 13.9 Å². The van der Waals surface area contributed by atoms with Gasteiger partial charge in [-0.3, -0.25) is 4.57 Å². The molecular weight excluding hydrogens is 1050 g/mol. The molecule has 0 aliphatic heterocycles. The minimum absolute atomic E-state index is 0. The Morgan fingerprint density at radius 1 is 0.563 bits per heavy atom. The number of nitrogens with zero attached hydrogens (tertiary/aromatic N) is 4. The minimum atomic E-state index is -0.243. The van der Waals surface area contributed by atoms with E-state index in [-0.39, 0.29) is 42.7 Å². The van der Waals surface area contributed by atoms with Gasteiger partial charge in [0.2, 0.25) is 0 Å². The molecule has 0 aliphatic carbocycles. The summed E-state index contributed by atoms with van der Waals surface area (Å²) in [6, 6.07) is 53.5. The van der Waals surface area contributed by atoms with Crippen LogP contribution in [0.2, 0.25) is 0 Å². The molecule has 0 atom stereocenters. The number of benzene rings is 6. The Bertz CT molecular complexity index is 3330. The van der Waals surface area contributed by atoms with Crippen molar-refractivity contribution in [1.82, 2.24) is 14.1 Å². The molecule has 0 saturated heterocycles. The number of para-hydroxylation sites is 1. The smallest absolute Gasteiger partial charge is 0.267 e. The van der Waals surface area contributed by atoms with Gasteiger partial charge in [0.05, 0.1) is 11.4 Å². The fourth-order valence-corrected chi connectivity index (χ4v) is 9.81. The Balaban J connectivity index is 0.00000676. The van der Waals surface area contributed by atoms with E-state index in [0.717, 1.165) is 50.3 Å². The molecular formula is C65H70N4OPt-2. The summed E-state index contributed by atoms with van der Waals surface area (Å²) < 4.78 is 13.7. The number of hydrogen-bond acceptors (Lipinski definition) is 2. The van der Waals surface area contributed by atoms with Crippen LogP contribution in [0.5, 0.6) is 11.5 Å². The molecule has 3 aromatic heterocycles. The Morgan fingerprint density at radius 2 is 1.20 bits per heavy atom. The molecule has 368 valence electrons. The van der Waals surface area contributed by atoms with Crippen LogP contribution in [0.1, 0.15) is 155 Å². The van der Waals surface area contributed by atoms with Gasteiger partial charge in [-0.1, -0.05) is 182 Å². The summed E-state index contributed by atoms with van der Waals surface area (Å²) in [6.07, 6.45) is 8.02. The van der Waals surface area contributed by atoms with E-state index in [1.54, 1.807) is 0 Å². The molecule has 0 fully saturated rings. The third-order valence-corrected chi connectivity index (χ3v) is 14.1. The van der Waals surface area contributed by atoms with Crippen LogP contribution < -0.4 is 9.30 Å². The first-order valence-electron chi connectivity index (χ1n) is 25.1. The monoisotopic (exact) mass is 1120 g/mol. The maximum atomic E-state index is 7.08. The third kappa shape index (κ3) is 10.1. The second-order valence-electron chi connectivity index (χ2n) is 23.5. The van der Waals surface area contributed by atoms with E-state index in [9.17, 15) is 0 Å². The fraction of sp³-hybridized carbons (Fsp3) is 0.323. The van der Waals surface area contributed by atoms with Crippen molar-refractivity contribution >= 4 is 21.8 Å². The molecule has 0 N–H and O–H groups in total. The molecule has 71 heavy (non-hydrogen) atoms. The largest absolute Gasteiger partial charge is 0.510 e. The van der Waals surface area contributed by atoms with Gasteiger partial charge in [-0.25, -0.2) is 4.98 Å². The van der Waals surface area contributed by atoms with Crippen LogP contribution in [0.15, 0.2) is 140 Å². The van der Waals surface area contributed by atoms with Gasteiger partial charge in [-0.15, -0.1) is 35.2 Å². The molecule has 0 saturated carbocycles. The summed E-state index contributed by atoms with van der Waals surface area (Å²) in [4.78, 5) is 5.01. The predicted octanol–water partition coefficient (Wildman–Crippen LogP) is 16.6. The number of hydrogen-bond donors (Lipinski definition) is 0. The van der Waals surface area contributed by atoms with Crippen molar-refractivity contribution in [2.45, 2.75) is 137 Å². The van der Waals surface area contributed by atoms with Gasteiger partial charge in [0.15, 0.2) is 0 Å². The first-order valence-corrected chi connectivity index (χ1v) is 25.1. The quantitative estimate of drug-likeness (QED) is 0.101. The maximum Gasteiger partial charge on any atom is 0.267 e. The van der Waals surface area contributed by atoms with Crippen molar-refractivity contribution in [1.29, 1.82) is 0 Å². The Kier molecular flexibility index (Phi) is 13.9. The Hall–Kier alpha value is -6.03. The molecule has 3 heterocycles. The van der Waals surface area contributed by atoms with Crippen molar-refractivity contribution in [3.8, 4) is 39.8 Å². The van der Waals surface area contributed by atoms with Gasteiger partial charge in [-0.05, 0) is 108 Å². The average molecular weight is 1120 g/mol. The molecule has 6 aromatic carbocycles. The summed E-state index contributed by atoms with van der Waals surface area (Å²) in [5.41, 5.74) is 14.4. The molecule has 0 radical (unpaired) electrons. The summed E-state index contributed by atoms with van der Waals surface area (Å²) in [5.74, 6) is 2.62. The second-order valence-corrected chi connectivity index (χ2v) is 23.5. The fourth-order valence-electron chi connectivity index (χ4n) is 9.81. The van der Waals surface area contributed by atoms with Gasteiger partial charge in [0.25, 0.3) is 6.33 Å². The van der Waals surface area contributed by atoms with E-state index >= 15 is 0 Å². The Labute approximate surface area is 438 Å². The van der Waals surface area contributed by atoms with Crippen LogP contribution >= 0.6 is 0 Å². The van der Waals surface area contributed by atoms with E-state index in [1.165, 1.54) is 38.9 Å².